The van der Waals surface area contributed by atoms with Crippen LogP contribution in [0.15, 0.2) is 30.3 Å². The van der Waals surface area contributed by atoms with Gasteiger partial charge in [0.1, 0.15) is 6.54 Å². The van der Waals surface area contributed by atoms with Crippen molar-refractivity contribution in [2.24, 2.45) is 11.8 Å². The molecule has 1 unspecified atom stereocenters. The molecular formula is C19H25N3O2. The van der Waals surface area contributed by atoms with E-state index in [0.29, 0.717) is 24.4 Å². The molecular weight excluding hydrogens is 302 g/mol. The van der Waals surface area contributed by atoms with Gasteiger partial charge in [0.15, 0.2) is 0 Å². The van der Waals surface area contributed by atoms with Crippen molar-refractivity contribution >= 4 is 11.8 Å². The van der Waals surface area contributed by atoms with Crippen LogP contribution in [0.2, 0.25) is 0 Å². The van der Waals surface area contributed by atoms with Gasteiger partial charge in [0.25, 0.3) is 5.91 Å². The second-order valence-electron chi connectivity index (χ2n) is 6.29. The molecule has 0 heterocycles. The van der Waals surface area contributed by atoms with Crippen molar-refractivity contribution in [1.29, 1.82) is 5.26 Å². The van der Waals surface area contributed by atoms with E-state index in [1.54, 1.807) is 12.1 Å². The number of carbonyl (C=O) groups excluding carboxylic acids is 2. The lowest BCUT2D eigenvalue weighted by atomic mass is 9.78. The molecule has 2 amide bonds. The maximum Gasteiger partial charge on any atom is 0.251 e. The fraction of sp³-hybridized carbons (Fsp3) is 0.526. The van der Waals surface area contributed by atoms with Gasteiger partial charge in [-0.15, -0.1) is 0 Å². The Bertz CT molecular complexity index is 574. The Kier molecular flexibility index (Phi) is 7.28. The zero-order valence-corrected chi connectivity index (χ0v) is 14.0. The summed E-state index contributed by atoms with van der Waals surface area (Å²) >= 11 is 0. The van der Waals surface area contributed by atoms with Gasteiger partial charge in [0, 0.05) is 18.0 Å². The fourth-order valence-electron chi connectivity index (χ4n) is 3.41. The highest BCUT2D eigenvalue weighted by atomic mass is 16.2. The lowest BCUT2D eigenvalue weighted by Gasteiger charge is -2.29. The molecule has 0 aliphatic heterocycles. The highest BCUT2D eigenvalue weighted by Crippen LogP contribution is 2.31. The minimum atomic E-state index is -0.130. The summed E-state index contributed by atoms with van der Waals surface area (Å²) in [5.74, 6) is 0.0497. The molecule has 24 heavy (non-hydrogen) atoms. The standard InChI is InChI=1S/C19H25N3O2/c20-12-14-22-19(24)17(15-7-3-1-4-8-15)11-13-21-18(23)16-9-5-2-6-10-16/h2,5-6,9-10,15,17H,1,3-4,7-8,11,13-14H2,(H,21,23)(H,22,24). The summed E-state index contributed by atoms with van der Waals surface area (Å²) in [6, 6.07) is 11.0. The molecule has 0 bridgehead atoms. The van der Waals surface area contributed by atoms with Gasteiger partial charge in [-0.3, -0.25) is 9.59 Å². The van der Waals surface area contributed by atoms with Gasteiger partial charge in [-0.2, -0.15) is 5.26 Å². The highest BCUT2D eigenvalue weighted by molar-refractivity contribution is 5.94. The number of nitriles is 1. The quantitative estimate of drug-likeness (QED) is 0.755. The lowest BCUT2D eigenvalue weighted by Crippen LogP contribution is -2.38. The van der Waals surface area contributed by atoms with E-state index in [1.165, 1.54) is 6.42 Å². The number of amides is 2. The van der Waals surface area contributed by atoms with E-state index in [1.807, 2.05) is 24.3 Å². The minimum absolute atomic E-state index is 0.0401. The van der Waals surface area contributed by atoms with Crippen molar-refractivity contribution in [2.45, 2.75) is 38.5 Å². The molecule has 1 aliphatic rings. The van der Waals surface area contributed by atoms with E-state index >= 15 is 0 Å². The number of benzene rings is 1. The van der Waals surface area contributed by atoms with Crippen LogP contribution in [-0.2, 0) is 4.79 Å². The Hall–Kier alpha value is -2.35. The summed E-state index contributed by atoms with van der Waals surface area (Å²) in [4.78, 5) is 24.5. The van der Waals surface area contributed by atoms with Gasteiger partial charge in [-0.05, 0) is 37.3 Å². The Morgan fingerprint density at radius 1 is 1.12 bits per heavy atom. The summed E-state index contributed by atoms with van der Waals surface area (Å²) in [7, 11) is 0. The number of hydrogen-bond acceptors (Lipinski definition) is 3. The zero-order valence-electron chi connectivity index (χ0n) is 14.0. The highest BCUT2D eigenvalue weighted by Gasteiger charge is 2.29. The van der Waals surface area contributed by atoms with Crippen LogP contribution in [-0.4, -0.2) is 24.9 Å². The van der Waals surface area contributed by atoms with E-state index in [2.05, 4.69) is 10.6 Å². The molecule has 2 rings (SSSR count). The molecule has 5 nitrogen and oxygen atoms in total. The second kappa shape index (κ2) is 9.71. The normalized spacial score (nSPS) is 16.0. The van der Waals surface area contributed by atoms with E-state index in [-0.39, 0.29) is 24.3 Å². The summed E-state index contributed by atoms with van der Waals surface area (Å²) in [6.45, 7) is 0.507. The van der Waals surface area contributed by atoms with Crippen LogP contribution in [0.4, 0.5) is 0 Å². The smallest absolute Gasteiger partial charge is 0.251 e. The number of nitrogens with zero attached hydrogens (tertiary/aromatic N) is 1. The van der Waals surface area contributed by atoms with Crippen molar-refractivity contribution in [3.05, 3.63) is 35.9 Å². The molecule has 0 saturated heterocycles. The number of carbonyl (C=O) groups is 2. The summed E-state index contributed by atoms with van der Waals surface area (Å²) < 4.78 is 0. The van der Waals surface area contributed by atoms with Gasteiger partial charge in [-0.25, -0.2) is 0 Å². The maximum atomic E-state index is 12.4. The van der Waals surface area contributed by atoms with Crippen LogP contribution in [0.5, 0.6) is 0 Å². The van der Waals surface area contributed by atoms with E-state index in [4.69, 9.17) is 5.26 Å². The zero-order chi connectivity index (χ0) is 17.2. The minimum Gasteiger partial charge on any atom is -0.352 e. The van der Waals surface area contributed by atoms with Gasteiger partial charge < -0.3 is 10.6 Å². The Morgan fingerprint density at radius 2 is 1.83 bits per heavy atom. The third kappa shape index (κ3) is 5.38. The van der Waals surface area contributed by atoms with E-state index in [0.717, 1.165) is 25.7 Å². The molecule has 1 aromatic rings. The molecule has 1 fully saturated rings. The summed E-state index contributed by atoms with van der Waals surface area (Å²) in [6.07, 6.45) is 6.26. The van der Waals surface area contributed by atoms with E-state index in [9.17, 15) is 9.59 Å². The molecule has 0 aromatic heterocycles. The van der Waals surface area contributed by atoms with Crippen LogP contribution in [0.25, 0.3) is 0 Å². The predicted molar refractivity (Wildman–Crippen MR) is 92.1 cm³/mol. The van der Waals surface area contributed by atoms with Crippen LogP contribution in [0.1, 0.15) is 48.9 Å². The molecule has 5 heteroatoms. The SMILES string of the molecule is N#CCNC(=O)C(CCNC(=O)c1ccccc1)C1CCCCC1. The van der Waals surface area contributed by atoms with Gasteiger partial charge >= 0.3 is 0 Å². The van der Waals surface area contributed by atoms with Crippen LogP contribution < -0.4 is 10.6 Å². The first-order chi connectivity index (χ1) is 11.7. The molecule has 1 saturated carbocycles. The van der Waals surface area contributed by atoms with E-state index < -0.39 is 0 Å². The fourth-order valence-corrected chi connectivity index (χ4v) is 3.41. The van der Waals surface area contributed by atoms with Crippen molar-refractivity contribution < 1.29 is 9.59 Å². The van der Waals surface area contributed by atoms with Crippen LogP contribution >= 0.6 is 0 Å². The predicted octanol–water partition coefficient (Wildman–Crippen LogP) is 2.64. The molecule has 2 N–H and O–H groups in total. The van der Waals surface area contributed by atoms with Crippen molar-refractivity contribution in [2.75, 3.05) is 13.1 Å². The molecule has 0 spiro atoms. The van der Waals surface area contributed by atoms with Crippen molar-refractivity contribution in [3.8, 4) is 6.07 Å². The molecule has 0 radical (unpaired) electrons. The second-order valence-corrected chi connectivity index (χ2v) is 6.29. The molecule has 1 aromatic carbocycles. The largest absolute Gasteiger partial charge is 0.352 e. The Labute approximate surface area is 143 Å². The first kappa shape index (κ1) is 18.0. The number of nitrogens with one attached hydrogen (secondary N) is 2. The first-order valence-electron chi connectivity index (χ1n) is 8.70. The topological polar surface area (TPSA) is 82.0 Å². The number of hydrogen-bond donors (Lipinski definition) is 2. The molecule has 128 valence electrons. The van der Waals surface area contributed by atoms with Crippen molar-refractivity contribution in [3.63, 3.8) is 0 Å². The Balaban J connectivity index is 1.88. The monoisotopic (exact) mass is 327 g/mol. The maximum absolute atomic E-state index is 12.4. The lowest BCUT2D eigenvalue weighted by molar-refractivity contribution is -0.127. The summed E-state index contributed by atoms with van der Waals surface area (Å²) in [5, 5.41) is 14.2. The third-order valence-corrected chi connectivity index (χ3v) is 4.67. The van der Waals surface area contributed by atoms with Crippen molar-refractivity contribution in [1.82, 2.24) is 10.6 Å². The Morgan fingerprint density at radius 3 is 2.50 bits per heavy atom. The van der Waals surface area contributed by atoms with Crippen LogP contribution in [0.3, 0.4) is 0 Å². The molecule has 1 atom stereocenters. The summed E-state index contributed by atoms with van der Waals surface area (Å²) in [5.41, 5.74) is 0.626. The van der Waals surface area contributed by atoms with Gasteiger partial charge in [-0.1, -0.05) is 37.5 Å². The average molecular weight is 327 g/mol. The third-order valence-electron chi connectivity index (χ3n) is 4.67. The van der Waals surface area contributed by atoms with Crippen LogP contribution in [0, 0.1) is 23.2 Å². The average Bonchev–Trinajstić information content (AvgIpc) is 2.64. The molecule has 1 aliphatic carbocycles. The first-order valence-corrected chi connectivity index (χ1v) is 8.70. The number of rotatable bonds is 7. The van der Waals surface area contributed by atoms with Gasteiger partial charge in [0.2, 0.25) is 5.91 Å². The van der Waals surface area contributed by atoms with Gasteiger partial charge in [0.05, 0.1) is 6.07 Å².